The molecule has 7 nitrogen and oxygen atoms in total. The fraction of sp³-hybridized carbons (Fsp3) is 0.320. The topological polar surface area (TPSA) is 113 Å². The number of allylic oxidation sites excluding steroid dienone is 1. The molecule has 33 heavy (non-hydrogen) atoms. The second-order valence-corrected chi connectivity index (χ2v) is 8.51. The summed E-state index contributed by atoms with van der Waals surface area (Å²) >= 11 is 5.89. The lowest BCUT2D eigenvalue weighted by molar-refractivity contribution is -0.130. The summed E-state index contributed by atoms with van der Waals surface area (Å²) < 4.78 is 0. The van der Waals surface area contributed by atoms with Gasteiger partial charge in [0.15, 0.2) is 0 Å². The lowest BCUT2D eigenvalue weighted by Gasteiger charge is -2.24. The van der Waals surface area contributed by atoms with Crippen molar-refractivity contribution in [1.82, 2.24) is 16.0 Å². The molecule has 1 aliphatic rings. The molecule has 2 aromatic rings. The summed E-state index contributed by atoms with van der Waals surface area (Å²) in [5.74, 6) is -1.26. The van der Waals surface area contributed by atoms with Crippen molar-refractivity contribution in [2.45, 2.75) is 37.9 Å². The Balaban J connectivity index is 1.66. The second kappa shape index (κ2) is 12.2. The molecule has 174 valence electrons. The van der Waals surface area contributed by atoms with Gasteiger partial charge in [0.1, 0.15) is 0 Å². The molecule has 8 heteroatoms. The van der Waals surface area contributed by atoms with Crippen molar-refractivity contribution in [3.8, 4) is 0 Å². The Kier molecular flexibility index (Phi) is 9.04. The molecule has 2 aromatic carbocycles. The van der Waals surface area contributed by atoms with Gasteiger partial charge in [-0.1, -0.05) is 66.2 Å². The Labute approximate surface area is 198 Å². The summed E-state index contributed by atoms with van der Waals surface area (Å²) in [6.45, 7) is 0.561. The van der Waals surface area contributed by atoms with Crippen LogP contribution in [0.2, 0.25) is 5.02 Å². The standard InChI is InChI=1S/C25H29ClN4O3/c26-20-12-10-17(11-13-20)15-28-23(31)14-19-8-4-5-9-21(27)25(33)30-22(16-29-24(19)32)18-6-2-1-3-7-18/h1-7,10-13,19,21-22H,8-9,14-16,27H2,(H,28,31)(H,29,32)(H,30,33)/b5-4+/t19-,21+,22-/m0/s1. The van der Waals surface area contributed by atoms with Gasteiger partial charge >= 0.3 is 0 Å². The highest BCUT2D eigenvalue weighted by atomic mass is 35.5. The molecule has 0 spiro atoms. The van der Waals surface area contributed by atoms with Crippen molar-refractivity contribution in [2.24, 2.45) is 11.7 Å². The van der Waals surface area contributed by atoms with Crippen LogP contribution in [0.4, 0.5) is 0 Å². The summed E-state index contributed by atoms with van der Waals surface area (Å²) in [7, 11) is 0. The van der Waals surface area contributed by atoms with Crippen molar-refractivity contribution in [2.75, 3.05) is 6.54 Å². The van der Waals surface area contributed by atoms with Crippen molar-refractivity contribution >= 4 is 29.3 Å². The molecule has 0 saturated heterocycles. The lowest BCUT2D eigenvalue weighted by Crippen LogP contribution is -2.46. The van der Waals surface area contributed by atoms with Crippen LogP contribution >= 0.6 is 11.6 Å². The van der Waals surface area contributed by atoms with Gasteiger partial charge in [0.2, 0.25) is 17.7 Å². The molecule has 3 amide bonds. The van der Waals surface area contributed by atoms with Gasteiger partial charge in [-0.25, -0.2) is 0 Å². The number of carbonyl (C=O) groups is 3. The smallest absolute Gasteiger partial charge is 0.237 e. The maximum Gasteiger partial charge on any atom is 0.237 e. The maximum atomic E-state index is 12.9. The molecule has 0 bridgehead atoms. The molecule has 3 atom stereocenters. The van der Waals surface area contributed by atoms with E-state index in [0.717, 1.165) is 11.1 Å². The second-order valence-electron chi connectivity index (χ2n) is 8.07. The first-order valence-corrected chi connectivity index (χ1v) is 11.3. The molecule has 3 rings (SSSR count). The van der Waals surface area contributed by atoms with Gasteiger partial charge in [-0.2, -0.15) is 0 Å². The molecule has 0 radical (unpaired) electrons. The first-order chi connectivity index (χ1) is 15.9. The van der Waals surface area contributed by atoms with E-state index < -0.39 is 18.0 Å². The summed E-state index contributed by atoms with van der Waals surface area (Å²) in [6.07, 6.45) is 4.38. The zero-order valence-corrected chi connectivity index (χ0v) is 19.1. The van der Waals surface area contributed by atoms with E-state index in [1.165, 1.54) is 0 Å². The van der Waals surface area contributed by atoms with Crippen LogP contribution in [0.3, 0.4) is 0 Å². The highest BCUT2D eigenvalue weighted by molar-refractivity contribution is 6.30. The fourth-order valence-electron chi connectivity index (χ4n) is 3.56. The predicted octanol–water partition coefficient (Wildman–Crippen LogP) is 2.61. The van der Waals surface area contributed by atoms with Gasteiger partial charge in [0.05, 0.1) is 18.0 Å². The SMILES string of the molecule is N[C@@H]1C/C=C/C[C@@H](CC(=O)NCc2ccc(Cl)cc2)C(=O)NC[C@@H](c2ccccc2)NC1=O. The summed E-state index contributed by atoms with van der Waals surface area (Å²) in [5, 5.41) is 9.30. The number of carbonyl (C=O) groups excluding carboxylic acids is 3. The van der Waals surface area contributed by atoms with E-state index in [4.69, 9.17) is 17.3 Å². The number of hydrogen-bond acceptors (Lipinski definition) is 4. The third-order valence-electron chi connectivity index (χ3n) is 5.52. The zero-order chi connectivity index (χ0) is 23.6. The van der Waals surface area contributed by atoms with Crippen molar-refractivity contribution in [1.29, 1.82) is 0 Å². The summed E-state index contributed by atoms with van der Waals surface area (Å²) in [5.41, 5.74) is 7.81. The minimum atomic E-state index is -0.691. The van der Waals surface area contributed by atoms with E-state index in [-0.39, 0.29) is 30.7 Å². The van der Waals surface area contributed by atoms with Gasteiger partial charge in [0.25, 0.3) is 0 Å². The van der Waals surface area contributed by atoms with Crippen LogP contribution in [0.5, 0.6) is 0 Å². The van der Waals surface area contributed by atoms with Gasteiger partial charge in [0, 0.05) is 24.5 Å². The summed E-state index contributed by atoms with van der Waals surface area (Å²) in [6, 6.07) is 15.5. The Hall–Kier alpha value is -3.16. The number of halogens is 1. The van der Waals surface area contributed by atoms with E-state index >= 15 is 0 Å². The Morgan fingerprint density at radius 3 is 2.42 bits per heavy atom. The van der Waals surface area contributed by atoms with Gasteiger partial charge in [-0.3, -0.25) is 14.4 Å². The van der Waals surface area contributed by atoms with Crippen LogP contribution in [0, 0.1) is 5.92 Å². The molecule has 5 N–H and O–H groups in total. The van der Waals surface area contributed by atoms with Crippen molar-refractivity contribution in [3.05, 3.63) is 82.9 Å². The fourth-order valence-corrected chi connectivity index (χ4v) is 3.68. The van der Waals surface area contributed by atoms with E-state index in [2.05, 4.69) is 16.0 Å². The number of rotatable bonds is 5. The number of benzene rings is 2. The number of nitrogens with one attached hydrogen (secondary N) is 3. The molecule has 1 heterocycles. The van der Waals surface area contributed by atoms with E-state index in [1.807, 2.05) is 42.5 Å². The number of hydrogen-bond donors (Lipinski definition) is 4. The van der Waals surface area contributed by atoms with Crippen LogP contribution in [-0.2, 0) is 20.9 Å². The van der Waals surface area contributed by atoms with Crippen LogP contribution in [-0.4, -0.2) is 30.3 Å². The average molecular weight is 469 g/mol. The molecule has 0 fully saturated rings. The Bertz CT molecular complexity index is 979. The first kappa shape index (κ1) is 24.5. The Morgan fingerprint density at radius 2 is 1.70 bits per heavy atom. The minimum Gasteiger partial charge on any atom is -0.353 e. The van der Waals surface area contributed by atoms with Crippen LogP contribution in [0.15, 0.2) is 66.7 Å². The molecule has 0 aromatic heterocycles. The van der Waals surface area contributed by atoms with E-state index in [1.54, 1.807) is 24.3 Å². The largest absolute Gasteiger partial charge is 0.353 e. The highest BCUT2D eigenvalue weighted by Crippen LogP contribution is 2.16. The van der Waals surface area contributed by atoms with Crippen LogP contribution in [0.1, 0.15) is 36.4 Å². The molecule has 0 saturated carbocycles. The van der Waals surface area contributed by atoms with Crippen LogP contribution in [0.25, 0.3) is 0 Å². The van der Waals surface area contributed by atoms with Gasteiger partial charge in [-0.05, 0) is 36.1 Å². The first-order valence-electron chi connectivity index (χ1n) is 11.0. The molecular weight excluding hydrogens is 440 g/mol. The molecule has 0 unspecified atom stereocenters. The van der Waals surface area contributed by atoms with Crippen molar-refractivity contribution in [3.63, 3.8) is 0 Å². The third kappa shape index (κ3) is 7.73. The number of nitrogens with two attached hydrogens (primary N) is 1. The highest BCUT2D eigenvalue weighted by Gasteiger charge is 2.24. The van der Waals surface area contributed by atoms with E-state index in [0.29, 0.717) is 24.4 Å². The quantitative estimate of drug-likeness (QED) is 0.505. The monoisotopic (exact) mass is 468 g/mol. The summed E-state index contributed by atoms with van der Waals surface area (Å²) in [4.78, 5) is 37.9. The van der Waals surface area contributed by atoms with E-state index in [9.17, 15) is 14.4 Å². The van der Waals surface area contributed by atoms with Gasteiger partial charge in [-0.15, -0.1) is 0 Å². The average Bonchev–Trinajstić information content (AvgIpc) is 2.82. The maximum absolute atomic E-state index is 12.9. The minimum absolute atomic E-state index is 0.0537. The van der Waals surface area contributed by atoms with Crippen molar-refractivity contribution < 1.29 is 14.4 Å². The lowest BCUT2D eigenvalue weighted by atomic mass is 9.97. The van der Waals surface area contributed by atoms with Gasteiger partial charge < -0.3 is 21.7 Å². The Morgan fingerprint density at radius 1 is 1.00 bits per heavy atom. The zero-order valence-electron chi connectivity index (χ0n) is 18.3. The van der Waals surface area contributed by atoms with Crippen LogP contribution < -0.4 is 21.7 Å². The predicted molar refractivity (Wildman–Crippen MR) is 128 cm³/mol. The molecule has 1 aliphatic heterocycles. The molecular formula is C25H29ClN4O3. The third-order valence-corrected chi connectivity index (χ3v) is 5.77. The molecule has 0 aliphatic carbocycles. The number of amides is 3. The normalized spacial score (nSPS) is 22.8.